The van der Waals surface area contributed by atoms with Gasteiger partial charge in [0, 0.05) is 12.1 Å². The van der Waals surface area contributed by atoms with E-state index in [4.69, 9.17) is 9.47 Å². The molecule has 0 fully saturated rings. The predicted molar refractivity (Wildman–Crippen MR) is 134 cm³/mol. The summed E-state index contributed by atoms with van der Waals surface area (Å²) in [5.74, 6) is -1.30. The Bertz CT molecular complexity index is 894. The monoisotopic (exact) mass is 491 g/mol. The number of alkyl carbamates (subject to hydrolysis) is 1. The number of aryl methyl sites for hydroxylation is 2. The minimum absolute atomic E-state index is 0.0167. The van der Waals surface area contributed by atoms with Crippen LogP contribution in [0.25, 0.3) is 0 Å². The van der Waals surface area contributed by atoms with Gasteiger partial charge in [0.15, 0.2) is 0 Å². The summed E-state index contributed by atoms with van der Waals surface area (Å²) < 4.78 is 10.2. The molecular weight excluding hydrogens is 450 g/mol. The average molecular weight is 492 g/mol. The molecule has 0 heterocycles. The number of amides is 3. The number of carbonyl (C=O) groups excluding carboxylic acids is 4. The summed E-state index contributed by atoms with van der Waals surface area (Å²) >= 11 is 0. The summed E-state index contributed by atoms with van der Waals surface area (Å²) in [5, 5.41) is 5.25. The van der Waals surface area contributed by atoms with E-state index in [1.807, 2.05) is 52.8 Å². The van der Waals surface area contributed by atoms with E-state index in [9.17, 15) is 19.2 Å². The lowest BCUT2D eigenvalue weighted by atomic mass is 9.94. The molecule has 0 aliphatic heterocycles. The minimum Gasteiger partial charge on any atom is -0.466 e. The fourth-order valence-electron chi connectivity index (χ4n) is 3.66. The predicted octanol–water partition coefficient (Wildman–Crippen LogP) is 3.57. The summed E-state index contributed by atoms with van der Waals surface area (Å²) in [4.78, 5) is 52.2. The number of nitrogens with one attached hydrogen (secondary N) is 2. The van der Waals surface area contributed by atoms with Gasteiger partial charge in [-0.15, -0.1) is 0 Å². The van der Waals surface area contributed by atoms with Crippen molar-refractivity contribution in [2.45, 2.75) is 85.9 Å². The van der Waals surface area contributed by atoms with Crippen LogP contribution < -0.4 is 10.6 Å². The quantitative estimate of drug-likeness (QED) is 0.511. The molecule has 0 radical (unpaired) electrons. The molecule has 1 rings (SSSR count). The molecule has 0 bridgehead atoms. The first kappa shape index (κ1) is 29.9. The van der Waals surface area contributed by atoms with Crippen molar-refractivity contribution in [1.29, 1.82) is 0 Å². The molecule has 1 atom stereocenters. The molecule has 1 unspecified atom stereocenters. The van der Waals surface area contributed by atoms with Crippen molar-refractivity contribution >= 4 is 23.9 Å². The van der Waals surface area contributed by atoms with E-state index in [2.05, 4.69) is 10.6 Å². The van der Waals surface area contributed by atoms with Gasteiger partial charge >= 0.3 is 12.1 Å². The SMILES string of the molecule is CCOC(=O)CCNC(=O)C(c1cc(C)cc(C)c1)N(C(=O)CNC(=O)OC(C)(C)C)C(C)(C)C. The zero-order chi connectivity index (χ0) is 27.0. The van der Waals surface area contributed by atoms with Gasteiger partial charge in [0.05, 0.1) is 13.0 Å². The Morgan fingerprint density at radius 3 is 2.00 bits per heavy atom. The number of carbonyl (C=O) groups is 4. The molecule has 9 nitrogen and oxygen atoms in total. The molecule has 0 aliphatic rings. The number of esters is 1. The highest BCUT2D eigenvalue weighted by Gasteiger charge is 2.38. The van der Waals surface area contributed by atoms with Crippen LogP contribution >= 0.6 is 0 Å². The molecule has 1 aromatic carbocycles. The van der Waals surface area contributed by atoms with Crippen molar-refractivity contribution < 1.29 is 28.7 Å². The maximum absolute atomic E-state index is 13.5. The molecule has 2 N–H and O–H groups in total. The molecule has 0 saturated heterocycles. The van der Waals surface area contributed by atoms with Gasteiger partial charge in [-0.1, -0.05) is 29.3 Å². The van der Waals surface area contributed by atoms with Gasteiger partial charge in [-0.3, -0.25) is 14.4 Å². The Kier molecular flexibility index (Phi) is 10.7. The Balaban J connectivity index is 3.27. The Morgan fingerprint density at radius 1 is 0.943 bits per heavy atom. The van der Waals surface area contributed by atoms with E-state index in [-0.39, 0.29) is 26.1 Å². The second kappa shape index (κ2) is 12.6. The number of ether oxygens (including phenoxy) is 2. The number of hydrogen-bond acceptors (Lipinski definition) is 6. The van der Waals surface area contributed by atoms with Crippen molar-refractivity contribution in [3.8, 4) is 0 Å². The average Bonchev–Trinajstić information content (AvgIpc) is 2.67. The molecule has 35 heavy (non-hydrogen) atoms. The van der Waals surface area contributed by atoms with Crippen LogP contribution in [0.1, 0.15) is 77.6 Å². The zero-order valence-corrected chi connectivity index (χ0v) is 22.5. The first-order chi connectivity index (χ1) is 16.0. The fourth-order valence-corrected chi connectivity index (χ4v) is 3.66. The molecule has 0 aliphatic carbocycles. The Hall–Kier alpha value is -3.10. The number of rotatable bonds is 9. The lowest BCUT2D eigenvalue weighted by molar-refractivity contribution is -0.146. The van der Waals surface area contributed by atoms with Crippen molar-refractivity contribution in [2.75, 3.05) is 19.7 Å². The number of nitrogens with zero attached hydrogens (tertiary/aromatic N) is 1. The molecule has 1 aromatic rings. The third kappa shape index (κ3) is 10.4. The van der Waals surface area contributed by atoms with Crippen molar-refractivity contribution in [1.82, 2.24) is 15.5 Å². The van der Waals surface area contributed by atoms with E-state index in [1.54, 1.807) is 27.7 Å². The Morgan fingerprint density at radius 2 is 1.51 bits per heavy atom. The highest BCUT2D eigenvalue weighted by Crippen LogP contribution is 2.30. The second-order valence-corrected chi connectivity index (χ2v) is 10.5. The lowest BCUT2D eigenvalue weighted by Gasteiger charge is -2.41. The van der Waals surface area contributed by atoms with Gasteiger partial charge in [-0.05, 0) is 67.9 Å². The highest BCUT2D eigenvalue weighted by molar-refractivity contribution is 5.91. The molecule has 9 heteroatoms. The van der Waals surface area contributed by atoms with Crippen LogP contribution in [0.15, 0.2) is 18.2 Å². The van der Waals surface area contributed by atoms with Crippen LogP contribution in [0, 0.1) is 13.8 Å². The highest BCUT2D eigenvalue weighted by atomic mass is 16.6. The Labute approximate surface area is 208 Å². The van der Waals surface area contributed by atoms with Crippen molar-refractivity contribution in [3.05, 3.63) is 34.9 Å². The van der Waals surface area contributed by atoms with E-state index in [0.717, 1.165) is 11.1 Å². The smallest absolute Gasteiger partial charge is 0.408 e. The summed E-state index contributed by atoms with van der Waals surface area (Å²) in [7, 11) is 0. The van der Waals surface area contributed by atoms with Crippen molar-refractivity contribution in [2.24, 2.45) is 0 Å². The third-order valence-corrected chi connectivity index (χ3v) is 4.77. The molecule has 0 saturated carbocycles. The zero-order valence-electron chi connectivity index (χ0n) is 22.5. The first-order valence-electron chi connectivity index (χ1n) is 11.9. The lowest BCUT2D eigenvalue weighted by Crippen LogP contribution is -2.55. The van der Waals surface area contributed by atoms with Gasteiger partial charge < -0.3 is 25.0 Å². The normalized spacial score (nSPS) is 12.4. The topological polar surface area (TPSA) is 114 Å². The minimum atomic E-state index is -0.983. The number of benzene rings is 1. The molecule has 0 aromatic heterocycles. The first-order valence-corrected chi connectivity index (χ1v) is 11.9. The van der Waals surface area contributed by atoms with Gasteiger partial charge in [0.1, 0.15) is 18.2 Å². The maximum atomic E-state index is 13.5. The van der Waals surface area contributed by atoms with E-state index < -0.39 is 41.1 Å². The van der Waals surface area contributed by atoms with Crippen molar-refractivity contribution in [3.63, 3.8) is 0 Å². The van der Waals surface area contributed by atoms with Gasteiger partial charge in [-0.25, -0.2) is 4.79 Å². The molecular formula is C26H41N3O6. The van der Waals surface area contributed by atoms with E-state index in [0.29, 0.717) is 5.56 Å². The standard InChI is InChI=1S/C26H41N3O6/c1-10-34-21(31)11-12-27-23(32)22(19-14-17(2)13-18(3)15-19)29(25(4,5)6)20(30)16-28-24(33)35-26(7,8)9/h13-15,22H,10-12,16H2,1-9H3,(H,27,32)(H,28,33). The maximum Gasteiger partial charge on any atom is 0.408 e. The molecule has 3 amide bonds. The van der Waals surface area contributed by atoms with Gasteiger partial charge in [-0.2, -0.15) is 0 Å². The van der Waals surface area contributed by atoms with Crippen LogP contribution in [0.2, 0.25) is 0 Å². The van der Waals surface area contributed by atoms with E-state index in [1.165, 1.54) is 4.90 Å². The fraction of sp³-hybridized carbons (Fsp3) is 0.615. The van der Waals surface area contributed by atoms with Gasteiger partial charge in [0.25, 0.3) is 0 Å². The van der Waals surface area contributed by atoms with E-state index >= 15 is 0 Å². The van der Waals surface area contributed by atoms with Crippen LogP contribution in [0.5, 0.6) is 0 Å². The summed E-state index contributed by atoms with van der Waals surface area (Å²) in [5.41, 5.74) is 1.04. The summed E-state index contributed by atoms with van der Waals surface area (Å²) in [6.45, 7) is 16.2. The summed E-state index contributed by atoms with van der Waals surface area (Å²) in [6.07, 6.45) is -0.704. The van der Waals surface area contributed by atoms with Crippen LogP contribution in [-0.2, 0) is 23.9 Å². The van der Waals surface area contributed by atoms with Crippen LogP contribution in [0.3, 0.4) is 0 Å². The summed E-state index contributed by atoms with van der Waals surface area (Å²) in [6, 6.07) is 4.71. The van der Waals surface area contributed by atoms with Gasteiger partial charge in [0.2, 0.25) is 11.8 Å². The number of hydrogen-bond donors (Lipinski definition) is 2. The second-order valence-electron chi connectivity index (χ2n) is 10.5. The molecule has 0 spiro atoms. The third-order valence-electron chi connectivity index (χ3n) is 4.77. The molecule has 196 valence electrons. The largest absolute Gasteiger partial charge is 0.466 e. The van der Waals surface area contributed by atoms with Crippen LogP contribution in [0.4, 0.5) is 4.79 Å². The van der Waals surface area contributed by atoms with Crippen LogP contribution in [-0.4, -0.2) is 59.6 Å².